The number of benzene rings is 1. The zero-order valence-electron chi connectivity index (χ0n) is 12.5. The zero-order valence-corrected chi connectivity index (χ0v) is 13.3. The number of ether oxygens (including phenoxy) is 1. The van der Waals surface area contributed by atoms with Crippen molar-refractivity contribution < 1.29 is 14.6 Å². The fraction of sp³-hybridized carbons (Fsp3) is 0.533. The van der Waals surface area contributed by atoms with Crippen LogP contribution in [0.15, 0.2) is 24.3 Å². The number of anilines is 1. The number of morpholine rings is 1. The largest absolute Gasteiger partial charge is 0.395 e. The van der Waals surface area contributed by atoms with Crippen molar-refractivity contribution in [3.8, 4) is 0 Å². The number of hydrogen-bond donors (Lipinski definition) is 2. The Hall–Kier alpha value is -1.34. The molecule has 0 bridgehead atoms. The van der Waals surface area contributed by atoms with Gasteiger partial charge in [0.25, 0.3) is 0 Å². The smallest absolute Gasteiger partial charge is 0.321 e. The van der Waals surface area contributed by atoms with Crippen LogP contribution in [-0.2, 0) is 4.74 Å². The summed E-state index contributed by atoms with van der Waals surface area (Å²) < 4.78 is 5.30. The number of nitrogens with zero attached hydrogens (tertiary/aromatic N) is 2. The lowest BCUT2D eigenvalue weighted by Gasteiger charge is -2.30. The summed E-state index contributed by atoms with van der Waals surface area (Å²) in [4.78, 5) is 16.2. The van der Waals surface area contributed by atoms with Crippen LogP contribution in [-0.4, -0.2) is 73.5 Å². The van der Waals surface area contributed by atoms with Gasteiger partial charge in [-0.2, -0.15) is 0 Å². The minimum Gasteiger partial charge on any atom is -0.395 e. The van der Waals surface area contributed by atoms with Crippen molar-refractivity contribution in [2.75, 3.05) is 57.9 Å². The molecule has 1 saturated heterocycles. The fourth-order valence-corrected chi connectivity index (χ4v) is 2.48. The van der Waals surface area contributed by atoms with E-state index in [0.29, 0.717) is 23.8 Å². The Kier molecular flexibility index (Phi) is 6.92. The third-order valence-corrected chi connectivity index (χ3v) is 3.76. The monoisotopic (exact) mass is 327 g/mol. The first-order chi connectivity index (χ1) is 10.7. The molecule has 1 aliphatic rings. The van der Waals surface area contributed by atoms with Gasteiger partial charge in [0.1, 0.15) is 0 Å². The first-order valence-electron chi connectivity index (χ1n) is 7.41. The van der Waals surface area contributed by atoms with Gasteiger partial charge in [-0.05, 0) is 18.2 Å². The van der Waals surface area contributed by atoms with Crippen LogP contribution in [0.1, 0.15) is 0 Å². The minimum absolute atomic E-state index is 0.0634. The van der Waals surface area contributed by atoms with E-state index in [9.17, 15) is 4.79 Å². The van der Waals surface area contributed by atoms with E-state index in [4.69, 9.17) is 21.4 Å². The standard InChI is InChI=1S/C15H22ClN3O3/c16-13-2-1-3-14(12-13)17-15(21)19(6-9-20)5-4-18-7-10-22-11-8-18/h1-3,12,20H,4-11H2,(H,17,21). The molecule has 1 heterocycles. The molecule has 1 aromatic carbocycles. The number of amides is 2. The Balaban J connectivity index is 1.86. The van der Waals surface area contributed by atoms with E-state index in [1.165, 1.54) is 0 Å². The average Bonchev–Trinajstić information content (AvgIpc) is 2.52. The van der Waals surface area contributed by atoms with Crippen molar-refractivity contribution in [3.63, 3.8) is 0 Å². The molecular formula is C15H22ClN3O3. The van der Waals surface area contributed by atoms with Gasteiger partial charge in [-0.1, -0.05) is 17.7 Å². The van der Waals surface area contributed by atoms with Crippen LogP contribution in [0.4, 0.5) is 10.5 Å². The summed E-state index contributed by atoms with van der Waals surface area (Å²) in [6.45, 7) is 4.79. The number of urea groups is 1. The first kappa shape index (κ1) is 17.0. The van der Waals surface area contributed by atoms with Gasteiger partial charge in [0, 0.05) is 43.4 Å². The molecule has 2 rings (SSSR count). The second-order valence-corrected chi connectivity index (χ2v) is 5.54. The van der Waals surface area contributed by atoms with E-state index >= 15 is 0 Å². The Morgan fingerprint density at radius 3 is 2.82 bits per heavy atom. The van der Waals surface area contributed by atoms with E-state index in [1.54, 1.807) is 29.2 Å². The lowest BCUT2D eigenvalue weighted by atomic mass is 10.3. The molecule has 1 aromatic rings. The molecule has 6 nitrogen and oxygen atoms in total. The van der Waals surface area contributed by atoms with Gasteiger partial charge in [0.15, 0.2) is 0 Å². The Bertz CT molecular complexity index is 481. The maximum Gasteiger partial charge on any atom is 0.321 e. The summed E-state index contributed by atoms with van der Waals surface area (Å²) in [5.41, 5.74) is 0.645. The molecule has 0 spiro atoms. The normalized spacial score (nSPS) is 15.5. The summed E-state index contributed by atoms with van der Waals surface area (Å²) in [5, 5.41) is 12.5. The van der Waals surface area contributed by atoms with Crippen molar-refractivity contribution >= 4 is 23.3 Å². The van der Waals surface area contributed by atoms with Gasteiger partial charge in [-0.15, -0.1) is 0 Å². The molecule has 122 valence electrons. The van der Waals surface area contributed by atoms with Gasteiger partial charge >= 0.3 is 6.03 Å². The van der Waals surface area contributed by atoms with E-state index in [1.807, 2.05) is 0 Å². The average molecular weight is 328 g/mol. The number of carbonyl (C=O) groups excluding carboxylic acids is 1. The maximum absolute atomic E-state index is 12.3. The molecule has 1 aliphatic heterocycles. The molecule has 22 heavy (non-hydrogen) atoms. The number of aliphatic hydroxyl groups is 1. The summed E-state index contributed by atoms with van der Waals surface area (Å²) in [6.07, 6.45) is 0. The number of halogens is 1. The number of carbonyl (C=O) groups is 1. The zero-order chi connectivity index (χ0) is 15.8. The highest BCUT2D eigenvalue weighted by Crippen LogP contribution is 2.15. The number of aliphatic hydroxyl groups excluding tert-OH is 1. The van der Waals surface area contributed by atoms with Gasteiger partial charge in [-0.3, -0.25) is 4.90 Å². The Morgan fingerprint density at radius 1 is 1.36 bits per heavy atom. The molecule has 2 N–H and O–H groups in total. The van der Waals surface area contributed by atoms with Crippen molar-refractivity contribution in [1.29, 1.82) is 0 Å². The number of hydrogen-bond acceptors (Lipinski definition) is 4. The molecule has 0 saturated carbocycles. The lowest BCUT2D eigenvalue weighted by molar-refractivity contribution is 0.0346. The van der Waals surface area contributed by atoms with Crippen molar-refractivity contribution in [1.82, 2.24) is 9.80 Å². The first-order valence-corrected chi connectivity index (χ1v) is 7.79. The van der Waals surface area contributed by atoms with Crippen LogP contribution in [0.5, 0.6) is 0 Å². The number of rotatable bonds is 6. The van der Waals surface area contributed by atoms with Crippen LogP contribution in [0.25, 0.3) is 0 Å². The van der Waals surface area contributed by atoms with E-state index in [0.717, 1.165) is 32.8 Å². The molecule has 1 fully saturated rings. The third kappa shape index (κ3) is 5.46. The topological polar surface area (TPSA) is 65.0 Å². The molecule has 0 atom stereocenters. The summed E-state index contributed by atoms with van der Waals surface area (Å²) in [6, 6.07) is 6.77. The molecule has 0 aliphatic carbocycles. The van der Waals surface area contributed by atoms with Gasteiger partial charge in [-0.25, -0.2) is 4.79 Å². The molecular weight excluding hydrogens is 306 g/mol. The molecule has 0 aromatic heterocycles. The van der Waals surface area contributed by atoms with Crippen LogP contribution < -0.4 is 5.32 Å². The van der Waals surface area contributed by atoms with Crippen molar-refractivity contribution in [2.45, 2.75) is 0 Å². The molecule has 7 heteroatoms. The van der Waals surface area contributed by atoms with Gasteiger partial charge in [0.05, 0.1) is 19.8 Å². The summed E-state index contributed by atoms with van der Waals surface area (Å²) in [7, 11) is 0. The second-order valence-electron chi connectivity index (χ2n) is 5.11. The minimum atomic E-state index is -0.232. The molecule has 0 unspecified atom stereocenters. The quantitative estimate of drug-likeness (QED) is 0.831. The maximum atomic E-state index is 12.3. The van der Waals surface area contributed by atoms with Crippen LogP contribution in [0, 0.1) is 0 Å². The Morgan fingerprint density at radius 2 is 2.14 bits per heavy atom. The molecule has 0 radical (unpaired) electrons. The van der Waals surface area contributed by atoms with Crippen LogP contribution >= 0.6 is 11.6 Å². The summed E-state index contributed by atoms with van der Waals surface area (Å²) >= 11 is 5.91. The van der Waals surface area contributed by atoms with Crippen molar-refractivity contribution in [2.24, 2.45) is 0 Å². The van der Waals surface area contributed by atoms with Gasteiger partial charge in [0.2, 0.25) is 0 Å². The Labute approximate surface area is 135 Å². The third-order valence-electron chi connectivity index (χ3n) is 3.52. The highest BCUT2D eigenvalue weighted by Gasteiger charge is 2.16. The lowest BCUT2D eigenvalue weighted by Crippen LogP contribution is -2.45. The van der Waals surface area contributed by atoms with Crippen LogP contribution in [0.2, 0.25) is 5.02 Å². The fourth-order valence-electron chi connectivity index (χ4n) is 2.29. The summed E-state index contributed by atoms with van der Waals surface area (Å²) in [5.74, 6) is 0. The number of nitrogens with one attached hydrogen (secondary N) is 1. The van der Waals surface area contributed by atoms with Gasteiger partial charge < -0.3 is 20.1 Å². The predicted octanol–water partition coefficient (Wildman–Crippen LogP) is 1.50. The predicted molar refractivity (Wildman–Crippen MR) is 86.4 cm³/mol. The second kappa shape index (κ2) is 8.95. The molecule has 2 amide bonds. The van der Waals surface area contributed by atoms with Crippen LogP contribution in [0.3, 0.4) is 0 Å². The van der Waals surface area contributed by atoms with Crippen molar-refractivity contribution in [3.05, 3.63) is 29.3 Å². The van der Waals surface area contributed by atoms with E-state index < -0.39 is 0 Å². The SMILES string of the molecule is O=C(Nc1cccc(Cl)c1)N(CCO)CCN1CCOCC1. The highest BCUT2D eigenvalue weighted by molar-refractivity contribution is 6.30. The highest BCUT2D eigenvalue weighted by atomic mass is 35.5. The van der Waals surface area contributed by atoms with E-state index in [2.05, 4.69) is 10.2 Å². The van der Waals surface area contributed by atoms with E-state index in [-0.39, 0.29) is 12.6 Å².